The standard InChI is InChI=1S/C21H20FN3O2S2/c1-3-15-4-10-18(11-5-15)29(26,27)23-12-20-14(2)25-13-19(24-21(25)28-20)16-6-8-17(22)9-7-16/h4-11,13,23H,3,12H2,1-2H3. The molecule has 0 aliphatic carbocycles. The molecule has 2 aromatic carbocycles. The van der Waals surface area contributed by atoms with E-state index in [1.54, 1.807) is 24.3 Å². The van der Waals surface area contributed by atoms with Crippen molar-refractivity contribution in [2.75, 3.05) is 0 Å². The number of aryl methyl sites for hydroxylation is 2. The van der Waals surface area contributed by atoms with E-state index in [-0.39, 0.29) is 17.3 Å². The van der Waals surface area contributed by atoms with Crippen LogP contribution in [0, 0.1) is 12.7 Å². The maximum Gasteiger partial charge on any atom is 0.240 e. The molecule has 0 fully saturated rings. The van der Waals surface area contributed by atoms with Crippen molar-refractivity contribution in [2.45, 2.75) is 31.7 Å². The Morgan fingerprint density at radius 2 is 1.79 bits per heavy atom. The summed E-state index contributed by atoms with van der Waals surface area (Å²) in [6, 6.07) is 13.1. The summed E-state index contributed by atoms with van der Waals surface area (Å²) in [7, 11) is -3.58. The van der Waals surface area contributed by atoms with Gasteiger partial charge in [-0.2, -0.15) is 0 Å². The molecular formula is C21H20FN3O2S2. The van der Waals surface area contributed by atoms with Crippen LogP contribution in [0.5, 0.6) is 0 Å². The number of nitrogens with one attached hydrogen (secondary N) is 1. The third-order valence-electron chi connectivity index (χ3n) is 4.86. The van der Waals surface area contributed by atoms with Crippen LogP contribution in [0.1, 0.15) is 23.1 Å². The highest BCUT2D eigenvalue weighted by molar-refractivity contribution is 7.89. The Hall–Kier alpha value is -2.55. The van der Waals surface area contributed by atoms with E-state index in [1.807, 2.05) is 36.6 Å². The number of thiazole rings is 1. The van der Waals surface area contributed by atoms with Crippen molar-refractivity contribution in [1.82, 2.24) is 14.1 Å². The maximum atomic E-state index is 13.1. The molecule has 29 heavy (non-hydrogen) atoms. The summed E-state index contributed by atoms with van der Waals surface area (Å²) in [5.41, 5.74) is 3.60. The quantitative estimate of drug-likeness (QED) is 0.489. The summed E-state index contributed by atoms with van der Waals surface area (Å²) in [4.78, 5) is 6.52. The lowest BCUT2D eigenvalue weighted by Gasteiger charge is -2.07. The number of sulfonamides is 1. The molecule has 150 valence electrons. The first-order valence-electron chi connectivity index (χ1n) is 9.19. The van der Waals surface area contributed by atoms with Crippen molar-refractivity contribution < 1.29 is 12.8 Å². The molecule has 0 radical (unpaired) electrons. The first-order chi connectivity index (χ1) is 13.9. The molecule has 1 N–H and O–H groups in total. The second-order valence-corrected chi connectivity index (χ2v) is 9.55. The van der Waals surface area contributed by atoms with Gasteiger partial charge in [0.1, 0.15) is 5.82 Å². The largest absolute Gasteiger partial charge is 0.294 e. The minimum absolute atomic E-state index is 0.198. The summed E-state index contributed by atoms with van der Waals surface area (Å²) < 4.78 is 42.9. The first-order valence-corrected chi connectivity index (χ1v) is 11.5. The number of nitrogens with zero attached hydrogens (tertiary/aromatic N) is 2. The highest BCUT2D eigenvalue weighted by Crippen LogP contribution is 2.27. The van der Waals surface area contributed by atoms with Gasteiger partial charge in [-0.25, -0.2) is 22.5 Å². The van der Waals surface area contributed by atoms with Crippen LogP contribution in [0.3, 0.4) is 0 Å². The van der Waals surface area contributed by atoms with Crippen molar-refractivity contribution in [3.63, 3.8) is 0 Å². The average Bonchev–Trinajstić information content (AvgIpc) is 3.26. The summed E-state index contributed by atoms with van der Waals surface area (Å²) in [6.45, 7) is 4.15. The monoisotopic (exact) mass is 429 g/mol. The minimum Gasteiger partial charge on any atom is -0.294 e. The molecule has 0 spiro atoms. The third kappa shape index (κ3) is 3.96. The van der Waals surface area contributed by atoms with Crippen LogP contribution in [0.25, 0.3) is 16.2 Å². The molecule has 0 aliphatic rings. The van der Waals surface area contributed by atoms with Gasteiger partial charge < -0.3 is 0 Å². The molecular weight excluding hydrogens is 409 g/mol. The van der Waals surface area contributed by atoms with Crippen LogP contribution in [-0.4, -0.2) is 17.8 Å². The van der Waals surface area contributed by atoms with Gasteiger partial charge >= 0.3 is 0 Å². The SMILES string of the molecule is CCc1ccc(S(=O)(=O)NCc2sc3nc(-c4ccc(F)cc4)cn3c2C)cc1. The molecule has 0 atom stereocenters. The fraction of sp³-hybridized carbons (Fsp3) is 0.190. The number of hydrogen-bond donors (Lipinski definition) is 1. The lowest BCUT2D eigenvalue weighted by Crippen LogP contribution is -2.23. The van der Waals surface area contributed by atoms with Gasteiger partial charge in [0.05, 0.1) is 10.6 Å². The molecule has 0 unspecified atom stereocenters. The Balaban J connectivity index is 1.54. The van der Waals surface area contributed by atoms with Crippen LogP contribution in [0.4, 0.5) is 4.39 Å². The van der Waals surface area contributed by atoms with Crippen LogP contribution in [0.15, 0.2) is 59.6 Å². The predicted molar refractivity (Wildman–Crippen MR) is 113 cm³/mol. The average molecular weight is 430 g/mol. The molecule has 4 rings (SSSR count). The first kappa shape index (κ1) is 19.8. The van der Waals surface area contributed by atoms with Crippen molar-refractivity contribution in [2.24, 2.45) is 0 Å². The number of hydrogen-bond acceptors (Lipinski definition) is 4. The van der Waals surface area contributed by atoms with Crippen LogP contribution < -0.4 is 4.72 Å². The number of benzene rings is 2. The summed E-state index contributed by atoms with van der Waals surface area (Å²) in [5.74, 6) is -0.287. The Bertz CT molecular complexity index is 1260. The van der Waals surface area contributed by atoms with Gasteiger partial charge in [-0.1, -0.05) is 30.4 Å². The number of halogens is 1. The van der Waals surface area contributed by atoms with E-state index in [0.717, 1.165) is 38.8 Å². The van der Waals surface area contributed by atoms with E-state index < -0.39 is 10.0 Å². The van der Waals surface area contributed by atoms with E-state index in [9.17, 15) is 12.8 Å². The molecule has 2 heterocycles. The van der Waals surface area contributed by atoms with Crippen LogP contribution in [0.2, 0.25) is 0 Å². The molecule has 0 saturated heterocycles. The molecule has 2 aromatic heterocycles. The molecule has 4 aromatic rings. The van der Waals surface area contributed by atoms with Crippen molar-refractivity contribution in [3.05, 3.63) is 76.7 Å². The Morgan fingerprint density at radius 3 is 2.41 bits per heavy atom. The van der Waals surface area contributed by atoms with Crippen LogP contribution in [-0.2, 0) is 23.0 Å². The lowest BCUT2D eigenvalue weighted by atomic mass is 10.2. The maximum absolute atomic E-state index is 13.1. The molecule has 0 amide bonds. The zero-order chi connectivity index (χ0) is 20.6. The topological polar surface area (TPSA) is 63.5 Å². The number of fused-ring (bicyclic) bond motifs is 1. The van der Waals surface area contributed by atoms with Gasteiger partial charge in [0, 0.05) is 28.9 Å². The highest BCUT2D eigenvalue weighted by Gasteiger charge is 2.17. The van der Waals surface area contributed by atoms with Crippen molar-refractivity contribution >= 4 is 26.3 Å². The van der Waals surface area contributed by atoms with Crippen molar-refractivity contribution in [3.8, 4) is 11.3 Å². The van der Waals surface area contributed by atoms with Gasteiger partial charge in [-0.05, 0) is 55.3 Å². The van der Waals surface area contributed by atoms with E-state index in [2.05, 4.69) is 9.71 Å². The van der Waals surface area contributed by atoms with E-state index >= 15 is 0 Å². The van der Waals surface area contributed by atoms with Crippen LogP contribution >= 0.6 is 11.3 Å². The molecule has 0 aliphatic heterocycles. The Kier molecular flexibility index (Phi) is 5.24. The van der Waals surface area contributed by atoms with E-state index in [0.29, 0.717) is 0 Å². The van der Waals surface area contributed by atoms with E-state index in [4.69, 9.17) is 0 Å². The molecule has 0 bridgehead atoms. The minimum atomic E-state index is -3.58. The van der Waals surface area contributed by atoms with Gasteiger partial charge in [-0.15, -0.1) is 0 Å². The molecule has 5 nitrogen and oxygen atoms in total. The predicted octanol–water partition coefficient (Wildman–Crippen LogP) is 4.55. The van der Waals surface area contributed by atoms with Crippen molar-refractivity contribution in [1.29, 1.82) is 0 Å². The number of rotatable bonds is 6. The third-order valence-corrected chi connectivity index (χ3v) is 7.43. The normalized spacial score (nSPS) is 12.0. The fourth-order valence-corrected chi connectivity index (χ4v) is 5.20. The van der Waals surface area contributed by atoms with Gasteiger partial charge in [0.15, 0.2) is 4.96 Å². The zero-order valence-corrected chi connectivity index (χ0v) is 17.6. The molecule has 8 heteroatoms. The number of imidazole rings is 1. The van der Waals surface area contributed by atoms with Gasteiger partial charge in [0.2, 0.25) is 10.0 Å². The Morgan fingerprint density at radius 1 is 1.10 bits per heavy atom. The Labute approximate surface area is 172 Å². The lowest BCUT2D eigenvalue weighted by molar-refractivity contribution is 0.581. The van der Waals surface area contributed by atoms with Gasteiger partial charge in [0.25, 0.3) is 0 Å². The smallest absolute Gasteiger partial charge is 0.240 e. The van der Waals surface area contributed by atoms with Gasteiger partial charge in [-0.3, -0.25) is 4.40 Å². The zero-order valence-electron chi connectivity index (χ0n) is 16.0. The summed E-state index contributed by atoms with van der Waals surface area (Å²) in [6.07, 6.45) is 2.75. The molecule has 0 saturated carbocycles. The highest BCUT2D eigenvalue weighted by atomic mass is 32.2. The fourth-order valence-electron chi connectivity index (χ4n) is 3.07. The second kappa shape index (κ2) is 7.70. The number of aromatic nitrogens is 2. The summed E-state index contributed by atoms with van der Waals surface area (Å²) >= 11 is 1.44. The van der Waals surface area contributed by atoms with E-state index in [1.165, 1.54) is 23.5 Å². The second-order valence-electron chi connectivity index (χ2n) is 6.72. The summed E-state index contributed by atoms with van der Waals surface area (Å²) in [5, 5.41) is 0.